The summed E-state index contributed by atoms with van der Waals surface area (Å²) in [6.07, 6.45) is 3.44. The van der Waals surface area contributed by atoms with Crippen molar-refractivity contribution in [3.05, 3.63) is 106 Å². The van der Waals surface area contributed by atoms with Crippen LogP contribution in [0.5, 0.6) is 0 Å². The molecule has 0 aliphatic heterocycles. The maximum absolute atomic E-state index is 6.09. The summed E-state index contributed by atoms with van der Waals surface area (Å²) in [5.41, 5.74) is 8.66. The summed E-state index contributed by atoms with van der Waals surface area (Å²) in [7, 11) is 0. The molecule has 0 saturated carbocycles. The third-order valence-corrected chi connectivity index (χ3v) is 6.65. The average molecular weight is 491 g/mol. The molecular weight excluding hydrogens is 444 g/mol. The summed E-state index contributed by atoms with van der Waals surface area (Å²) >= 11 is 6.09. The van der Waals surface area contributed by atoms with Crippen molar-refractivity contribution in [2.24, 2.45) is 17.8 Å². The minimum absolute atomic E-state index is 0.120. The second kappa shape index (κ2) is 14.5. The Labute approximate surface area is 221 Å². The van der Waals surface area contributed by atoms with E-state index in [0.717, 1.165) is 19.3 Å². The third kappa shape index (κ3) is 9.49. The predicted molar refractivity (Wildman–Crippen MR) is 157 cm³/mol. The zero-order valence-electron chi connectivity index (χ0n) is 23.3. The highest BCUT2D eigenvalue weighted by Gasteiger charge is 2.16. The fourth-order valence-electron chi connectivity index (χ4n) is 4.88. The first-order chi connectivity index (χ1) is 16.6. The average Bonchev–Trinajstić information content (AvgIpc) is 2.79. The molecule has 3 aromatic rings. The molecule has 1 atom stereocenters. The van der Waals surface area contributed by atoms with Crippen LogP contribution in [0.4, 0.5) is 0 Å². The summed E-state index contributed by atoms with van der Waals surface area (Å²) in [6.45, 7) is 18.1. The standard InChI is InChI=1S/C22H30.C12H17Cl/c1-16(2)14-19-10-6-8-12-21(19)18(5)22-13-9-7-11-20(22)15-17(3)4;1-9(2)8-11-6-4-5-7-12(11)10(3)13/h6-13,16-18H,14-15H2,1-5H3;4-7,9-10H,8H2,1-3H3. The SMILES string of the molecule is CC(C)Cc1ccccc1C(C)Cl.CC(C)Cc1ccccc1C(C)c1ccccc1CC(C)C. The molecule has 1 unspecified atom stereocenters. The summed E-state index contributed by atoms with van der Waals surface area (Å²) in [6, 6.07) is 26.4. The van der Waals surface area contributed by atoms with E-state index in [1.165, 1.54) is 33.4 Å². The topological polar surface area (TPSA) is 0 Å². The van der Waals surface area contributed by atoms with E-state index in [0.29, 0.717) is 23.7 Å². The van der Waals surface area contributed by atoms with Crippen molar-refractivity contribution in [1.82, 2.24) is 0 Å². The maximum atomic E-state index is 6.09. The third-order valence-electron chi connectivity index (χ3n) is 6.41. The van der Waals surface area contributed by atoms with Crippen LogP contribution >= 0.6 is 11.6 Å². The number of alkyl halides is 1. The van der Waals surface area contributed by atoms with Crippen molar-refractivity contribution in [2.75, 3.05) is 0 Å². The molecule has 0 spiro atoms. The van der Waals surface area contributed by atoms with Gasteiger partial charge in [-0.1, -0.05) is 121 Å². The van der Waals surface area contributed by atoms with Gasteiger partial charge in [-0.25, -0.2) is 0 Å². The lowest BCUT2D eigenvalue weighted by molar-refractivity contribution is 0.633. The first kappa shape index (κ1) is 29.2. The molecule has 3 rings (SSSR count). The number of halogens is 1. The van der Waals surface area contributed by atoms with Crippen LogP contribution in [0, 0.1) is 17.8 Å². The van der Waals surface area contributed by atoms with E-state index in [1.54, 1.807) is 0 Å². The number of hydrogen-bond acceptors (Lipinski definition) is 0. The highest BCUT2D eigenvalue weighted by Crippen LogP contribution is 2.31. The van der Waals surface area contributed by atoms with Crippen LogP contribution in [0.3, 0.4) is 0 Å². The van der Waals surface area contributed by atoms with E-state index in [-0.39, 0.29) is 5.38 Å². The zero-order chi connectivity index (χ0) is 26.0. The molecule has 3 aromatic carbocycles. The van der Waals surface area contributed by atoms with Crippen molar-refractivity contribution in [3.63, 3.8) is 0 Å². The smallest absolute Gasteiger partial charge is 0.0559 e. The van der Waals surface area contributed by atoms with Gasteiger partial charge in [0, 0.05) is 5.92 Å². The van der Waals surface area contributed by atoms with Crippen molar-refractivity contribution in [3.8, 4) is 0 Å². The first-order valence-corrected chi connectivity index (χ1v) is 13.9. The molecule has 0 aliphatic rings. The van der Waals surface area contributed by atoms with Crippen molar-refractivity contribution < 1.29 is 0 Å². The number of benzene rings is 3. The molecule has 0 heterocycles. The van der Waals surface area contributed by atoms with Crippen LogP contribution in [0.25, 0.3) is 0 Å². The van der Waals surface area contributed by atoms with Crippen molar-refractivity contribution in [1.29, 1.82) is 0 Å². The Morgan fingerprint density at radius 3 is 1.06 bits per heavy atom. The van der Waals surface area contributed by atoms with Gasteiger partial charge in [-0.15, -0.1) is 11.6 Å². The Morgan fingerprint density at radius 2 is 0.743 bits per heavy atom. The lowest BCUT2D eigenvalue weighted by atomic mass is 9.83. The molecular formula is C34H47Cl. The van der Waals surface area contributed by atoms with Crippen LogP contribution in [0.15, 0.2) is 72.8 Å². The van der Waals surface area contributed by atoms with Crippen LogP contribution in [0.1, 0.15) is 100 Å². The fraction of sp³-hybridized carbons (Fsp3) is 0.471. The quantitative estimate of drug-likeness (QED) is 0.261. The van der Waals surface area contributed by atoms with Gasteiger partial charge in [0.1, 0.15) is 0 Å². The van der Waals surface area contributed by atoms with Crippen LogP contribution in [0.2, 0.25) is 0 Å². The van der Waals surface area contributed by atoms with Crippen LogP contribution in [-0.4, -0.2) is 0 Å². The fourth-order valence-corrected chi connectivity index (χ4v) is 5.09. The lowest BCUT2D eigenvalue weighted by Gasteiger charge is -2.21. The first-order valence-electron chi connectivity index (χ1n) is 13.5. The van der Waals surface area contributed by atoms with E-state index in [4.69, 9.17) is 11.6 Å². The van der Waals surface area contributed by atoms with Crippen molar-refractivity contribution in [2.45, 2.75) is 85.9 Å². The Bertz CT molecular complexity index is 959. The highest BCUT2D eigenvalue weighted by molar-refractivity contribution is 6.20. The molecule has 0 amide bonds. The Morgan fingerprint density at radius 1 is 0.457 bits per heavy atom. The van der Waals surface area contributed by atoms with E-state index in [1.807, 2.05) is 6.92 Å². The minimum Gasteiger partial charge on any atom is -0.118 e. The molecule has 0 saturated heterocycles. The van der Waals surface area contributed by atoms with Crippen LogP contribution < -0.4 is 0 Å². The molecule has 0 N–H and O–H groups in total. The van der Waals surface area contributed by atoms with E-state index in [9.17, 15) is 0 Å². The Hall–Kier alpha value is -2.05. The second-order valence-corrected chi connectivity index (χ2v) is 11.9. The summed E-state index contributed by atoms with van der Waals surface area (Å²) in [4.78, 5) is 0. The van der Waals surface area contributed by atoms with Crippen molar-refractivity contribution >= 4 is 11.6 Å². The van der Waals surface area contributed by atoms with Crippen LogP contribution in [-0.2, 0) is 19.3 Å². The zero-order valence-corrected chi connectivity index (χ0v) is 24.1. The normalized spacial score (nSPS) is 12.3. The molecule has 1 heteroatoms. The van der Waals surface area contributed by atoms with Gasteiger partial charge in [0.2, 0.25) is 0 Å². The maximum Gasteiger partial charge on any atom is 0.0559 e. The molecule has 35 heavy (non-hydrogen) atoms. The molecule has 0 aliphatic carbocycles. The Kier molecular flexibility index (Phi) is 12.1. The number of rotatable bonds is 9. The van der Waals surface area contributed by atoms with Gasteiger partial charge >= 0.3 is 0 Å². The molecule has 0 bridgehead atoms. The highest BCUT2D eigenvalue weighted by atomic mass is 35.5. The van der Waals surface area contributed by atoms with Gasteiger partial charge in [0.15, 0.2) is 0 Å². The van der Waals surface area contributed by atoms with Gasteiger partial charge in [0.25, 0.3) is 0 Å². The Balaban J connectivity index is 0.000000283. The van der Waals surface area contributed by atoms with E-state index in [2.05, 4.69) is 121 Å². The molecule has 190 valence electrons. The van der Waals surface area contributed by atoms with E-state index < -0.39 is 0 Å². The summed E-state index contributed by atoms with van der Waals surface area (Å²) < 4.78 is 0. The second-order valence-electron chi connectivity index (χ2n) is 11.2. The van der Waals surface area contributed by atoms with Gasteiger partial charge in [-0.3, -0.25) is 0 Å². The largest absolute Gasteiger partial charge is 0.118 e. The molecule has 0 radical (unpaired) electrons. The van der Waals surface area contributed by atoms with Gasteiger partial charge in [0.05, 0.1) is 5.38 Å². The molecule has 0 fully saturated rings. The van der Waals surface area contributed by atoms with Gasteiger partial charge in [-0.2, -0.15) is 0 Å². The van der Waals surface area contributed by atoms with E-state index >= 15 is 0 Å². The van der Waals surface area contributed by atoms with Gasteiger partial charge in [-0.05, 0) is 77.3 Å². The lowest BCUT2D eigenvalue weighted by Crippen LogP contribution is -2.07. The molecule has 0 nitrogen and oxygen atoms in total. The van der Waals surface area contributed by atoms with Gasteiger partial charge < -0.3 is 0 Å². The predicted octanol–water partition coefficient (Wildman–Crippen LogP) is 10.4. The number of hydrogen-bond donors (Lipinski definition) is 0. The monoisotopic (exact) mass is 490 g/mol. The molecule has 0 aromatic heterocycles. The summed E-state index contributed by atoms with van der Waals surface area (Å²) in [5, 5.41) is 0.120. The minimum atomic E-state index is 0.120. The summed E-state index contributed by atoms with van der Waals surface area (Å²) in [5.74, 6) is 2.54.